The predicted molar refractivity (Wildman–Crippen MR) is 129 cm³/mol. The fraction of sp³-hybridized carbons (Fsp3) is 0.0370. The van der Waals surface area contributed by atoms with Gasteiger partial charge in [0.05, 0.1) is 0 Å². The SMILES string of the molecule is O=C(C=P(c1ccccc1)(c1ccccc1)c1ccccc1)c1ccc(OC(F)(F)F)cc1. The first-order chi connectivity index (χ1) is 15.9. The lowest BCUT2D eigenvalue weighted by atomic mass is 10.1. The van der Waals surface area contributed by atoms with Crippen molar-refractivity contribution in [2.45, 2.75) is 6.36 Å². The van der Waals surface area contributed by atoms with E-state index in [-0.39, 0.29) is 17.1 Å². The van der Waals surface area contributed by atoms with Crippen LogP contribution >= 0.6 is 6.89 Å². The molecule has 0 fully saturated rings. The molecule has 0 spiro atoms. The summed E-state index contributed by atoms with van der Waals surface area (Å²) in [6, 6.07) is 34.5. The first-order valence-corrected chi connectivity index (χ1v) is 12.1. The van der Waals surface area contributed by atoms with E-state index in [9.17, 15) is 18.0 Å². The van der Waals surface area contributed by atoms with E-state index in [1.807, 2.05) is 91.0 Å². The number of carbonyl (C=O) groups is 1. The molecule has 0 saturated heterocycles. The largest absolute Gasteiger partial charge is 0.573 e. The van der Waals surface area contributed by atoms with Crippen molar-refractivity contribution in [1.82, 2.24) is 0 Å². The van der Waals surface area contributed by atoms with Crippen LogP contribution in [-0.2, 0) is 0 Å². The predicted octanol–water partition coefficient (Wildman–Crippen LogP) is 5.56. The van der Waals surface area contributed by atoms with E-state index in [2.05, 4.69) is 4.74 Å². The van der Waals surface area contributed by atoms with E-state index in [1.54, 1.807) is 5.80 Å². The second kappa shape index (κ2) is 9.51. The van der Waals surface area contributed by atoms with Gasteiger partial charge in [0.2, 0.25) is 0 Å². The van der Waals surface area contributed by atoms with Gasteiger partial charge >= 0.3 is 6.36 Å². The minimum absolute atomic E-state index is 0.265. The number of benzene rings is 4. The molecular weight excluding hydrogens is 444 g/mol. The van der Waals surface area contributed by atoms with Gasteiger partial charge in [-0.2, -0.15) is 0 Å². The third-order valence-corrected chi connectivity index (χ3v) is 9.13. The van der Waals surface area contributed by atoms with Crippen LogP contribution in [0.15, 0.2) is 115 Å². The van der Waals surface area contributed by atoms with E-state index >= 15 is 0 Å². The van der Waals surface area contributed by atoms with Crippen LogP contribution in [0.1, 0.15) is 10.4 Å². The zero-order valence-corrected chi connectivity index (χ0v) is 18.3. The molecule has 166 valence electrons. The third kappa shape index (κ3) is 5.10. The summed E-state index contributed by atoms with van der Waals surface area (Å²) in [5.41, 5.74) is 0.289. The van der Waals surface area contributed by atoms with Crippen molar-refractivity contribution in [1.29, 1.82) is 0 Å². The summed E-state index contributed by atoms with van der Waals surface area (Å²) >= 11 is 0. The molecule has 0 N–H and O–H groups in total. The van der Waals surface area contributed by atoms with Gasteiger partial charge in [-0.1, -0.05) is 91.0 Å². The number of halogens is 3. The molecule has 0 radical (unpaired) electrons. The highest BCUT2D eigenvalue weighted by Gasteiger charge is 2.31. The van der Waals surface area contributed by atoms with Gasteiger partial charge in [0.15, 0.2) is 5.78 Å². The highest BCUT2D eigenvalue weighted by molar-refractivity contribution is 7.95. The summed E-state index contributed by atoms with van der Waals surface area (Å²) in [6.45, 7) is -2.51. The number of ketones is 1. The fourth-order valence-electron chi connectivity index (χ4n) is 3.73. The van der Waals surface area contributed by atoms with E-state index in [0.29, 0.717) is 0 Å². The van der Waals surface area contributed by atoms with Crippen LogP contribution in [0.3, 0.4) is 0 Å². The Labute approximate surface area is 190 Å². The summed E-state index contributed by atoms with van der Waals surface area (Å²) in [5.74, 6) is 1.11. The van der Waals surface area contributed by atoms with Crippen LogP contribution < -0.4 is 20.7 Å². The van der Waals surface area contributed by atoms with Crippen LogP contribution in [-0.4, -0.2) is 17.9 Å². The number of Topliss-reactive ketones (excluding diaryl/α,β-unsaturated/α-hetero) is 1. The van der Waals surface area contributed by atoms with Gasteiger partial charge in [-0.25, -0.2) is 0 Å². The van der Waals surface area contributed by atoms with E-state index < -0.39 is 13.2 Å². The summed E-state index contributed by atoms with van der Waals surface area (Å²) in [5, 5.41) is 3.02. The molecule has 0 aliphatic rings. The molecule has 0 aromatic heterocycles. The third-order valence-electron chi connectivity index (χ3n) is 5.17. The average Bonchev–Trinajstić information content (AvgIpc) is 2.83. The van der Waals surface area contributed by atoms with Crippen LogP contribution in [0.5, 0.6) is 5.75 Å². The molecule has 0 bridgehead atoms. The Balaban J connectivity index is 1.91. The summed E-state index contributed by atoms with van der Waals surface area (Å²) in [7, 11) is 0. The number of hydrogen-bond acceptors (Lipinski definition) is 2. The van der Waals surface area contributed by atoms with Crippen molar-refractivity contribution in [3.63, 3.8) is 0 Å². The Morgan fingerprint density at radius 2 is 1.03 bits per heavy atom. The minimum Gasteiger partial charge on any atom is -0.406 e. The quantitative estimate of drug-likeness (QED) is 0.276. The molecule has 33 heavy (non-hydrogen) atoms. The molecule has 2 nitrogen and oxygen atoms in total. The van der Waals surface area contributed by atoms with E-state index in [0.717, 1.165) is 28.0 Å². The smallest absolute Gasteiger partial charge is 0.406 e. The van der Waals surface area contributed by atoms with Crippen molar-refractivity contribution < 1.29 is 22.7 Å². The van der Waals surface area contributed by atoms with E-state index in [1.165, 1.54) is 12.1 Å². The molecular formula is C27H20F3O2P. The first kappa shape index (κ1) is 22.6. The lowest BCUT2D eigenvalue weighted by molar-refractivity contribution is -0.274. The number of hydrogen-bond donors (Lipinski definition) is 0. The van der Waals surface area contributed by atoms with Crippen molar-refractivity contribution >= 4 is 34.4 Å². The molecule has 0 saturated carbocycles. The van der Waals surface area contributed by atoms with Crippen LogP contribution in [0.2, 0.25) is 0 Å². The topological polar surface area (TPSA) is 26.3 Å². The van der Waals surface area contributed by atoms with Crippen molar-refractivity contribution in [2.75, 3.05) is 0 Å². The Morgan fingerprint density at radius 3 is 1.39 bits per heavy atom. The lowest BCUT2D eigenvalue weighted by Gasteiger charge is -2.28. The van der Waals surface area contributed by atoms with Gasteiger partial charge < -0.3 is 4.74 Å². The van der Waals surface area contributed by atoms with Crippen LogP contribution in [0.4, 0.5) is 13.2 Å². The fourth-order valence-corrected chi connectivity index (χ4v) is 7.50. The maximum Gasteiger partial charge on any atom is 0.573 e. The van der Waals surface area contributed by atoms with Crippen molar-refractivity contribution in [3.05, 3.63) is 121 Å². The summed E-state index contributed by atoms with van der Waals surface area (Å²) in [6.07, 6.45) is -4.79. The van der Waals surface area contributed by atoms with E-state index in [4.69, 9.17) is 0 Å². The van der Waals surface area contributed by atoms with Crippen LogP contribution in [0, 0.1) is 0 Å². The Hall–Kier alpha value is -3.56. The average molecular weight is 464 g/mol. The Morgan fingerprint density at radius 1 is 0.636 bits per heavy atom. The number of rotatable bonds is 6. The second-order valence-corrected chi connectivity index (χ2v) is 10.5. The highest BCUT2D eigenvalue weighted by Crippen LogP contribution is 2.43. The van der Waals surface area contributed by atoms with Crippen molar-refractivity contribution in [2.24, 2.45) is 0 Å². The molecule has 0 amide bonds. The van der Waals surface area contributed by atoms with Gasteiger partial charge in [-0.05, 0) is 52.9 Å². The lowest BCUT2D eigenvalue weighted by Crippen LogP contribution is -2.28. The van der Waals surface area contributed by atoms with Gasteiger partial charge in [0.25, 0.3) is 0 Å². The monoisotopic (exact) mass is 464 g/mol. The number of carbonyl (C=O) groups excluding carboxylic acids is 1. The molecule has 0 aliphatic heterocycles. The summed E-state index contributed by atoms with van der Waals surface area (Å²) < 4.78 is 41.4. The molecule has 0 aliphatic carbocycles. The number of alkyl halides is 3. The second-order valence-electron chi connectivity index (χ2n) is 7.29. The molecule has 4 aromatic rings. The van der Waals surface area contributed by atoms with Crippen molar-refractivity contribution in [3.8, 4) is 5.75 Å². The standard InChI is InChI=1S/C27H20F3O2P/c28-27(29,30)32-22-18-16-21(17-19-22)26(31)20-33(23-10-4-1-5-11-23,24-12-6-2-7-13-24)25-14-8-3-9-15-25/h1-20H. The molecule has 0 atom stereocenters. The molecule has 0 unspecified atom stereocenters. The summed E-state index contributed by atoms with van der Waals surface area (Å²) in [4.78, 5) is 13.5. The zero-order valence-electron chi connectivity index (χ0n) is 17.4. The first-order valence-electron chi connectivity index (χ1n) is 10.2. The Kier molecular flexibility index (Phi) is 6.52. The van der Waals surface area contributed by atoms with Gasteiger partial charge in [-0.3, -0.25) is 4.79 Å². The Bertz CT molecular complexity index is 1160. The van der Waals surface area contributed by atoms with Crippen LogP contribution in [0.25, 0.3) is 0 Å². The molecule has 4 aromatic carbocycles. The van der Waals surface area contributed by atoms with Gasteiger partial charge in [-0.15, -0.1) is 13.2 Å². The van der Waals surface area contributed by atoms with Gasteiger partial charge in [0, 0.05) is 5.56 Å². The minimum atomic E-state index is -4.79. The molecule has 0 heterocycles. The maximum absolute atomic E-state index is 13.5. The normalized spacial score (nSPS) is 11.6. The highest BCUT2D eigenvalue weighted by atomic mass is 31.2. The molecule has 4 rings (SSSR count). The molecule has 6 heteroatoms. The maximum atomic E-state index is 13.5. The van der Waals surface area contributed by atoms with Gasteiger partial charge in [0.1, 0.15) is 5.75 Å². The zero-order chi connectivity index (χ0) is 23.3. The number of ether oxygens (including phenoxy) is 1.